The van der Waals surface area contributed by atoms with E-state index in [2.05, 4.69) is 4.74 Å². The van der Waals surface area contributed by atoms with Gasteiger partial charge in [0.15, 0.2) is 0 Å². The summed E-state index contributed by atoms with van der Waals surface area (Å²) in [6, 6.07) is 17.4. The van der Waals surface area contributed by atoms with Crippen molar-refractivity contribution >= 4 is 30.8 Å². The Bertz CT molecular complexity index is 481. The lowest BCUT2D eigenvalue weighted by Crippen LogP contribution is -2.00. The molecule has 18 heavy (non-hydrogen) atoms. The van der Waals surface area contributed by atoms with Crippen LogP contribution in [0.3, 0.4) is 0 Å². The number of hydrogen-bond donors (Lipinski definition) is 0. The van der Waals surface area contributed by atoms with Crippen molar-refractivity contribution in [3.8, 4) is 11.1 Å². The van der Waals surface area contributed by atoms with Crippen molar-refractivity contribution in [3.63, 3.8) is 0 Å². The van der Waals surface area contributed by atoms with E-state index >= 15 is 0 Å². The molecule has 4 heteroatoms. The maximum atomic E-state index is 11.2. The van der Waals surface area contributed by atoms with Gasteiger partial charge in [-0.3, -0.25) is 0 Å². The van der Waals surface area contributed by atoms with E-state index in [4.69, 9.17) is 0 Å². The molecule has 0 aromatic heterocycles. The number of rotatable bonds is 2. The van der Waals surface area contributed by atoms with E-state index in [0.717, 1.165) is 11.1 Å². The van der Waals surface area contributed by atoms with Crippen molar-refractivity contribution < 1.29 is 9.53 Å². The summed E-state index contributed by atoms with van der Waals surface area (Å²) in [4.78, 5) is 11.2. The smallest absolute Gasteiger partial charge is 0.337 e. The first-order valence-corrected chi connectivity index (χ1v) is 5.05. The van der Waals surface area contributed by atoms with Crippen LogP contribution in [0.1, 0.15) is 10.4 Å². The minimum Gasteiger partial charge on any atom is -0.465 e. The predicted octanol–water partition coefficient (Wildman–Crippen LogP) is 3.98. The van der Waals surface area contributed by atoms with Crippen LogP contribution in [0.15, 0.2) is 54.6 Å². The van der Waals surface area contributed by atoms with Crippen LogP contribution in [0, 0.1) is 0 Å². The lowest BCUT2D eigenvalue weighted by Gasteiger charge is -2.02. The molecular weight excluding hydrogens is 271 g/mol. The van der Waals surface area contributed by atoms with Gasteiger partial charge in [0.1, 0.15) is 0 Å². The molecule has 0 aliphatic carbocycles. The van der Waals surface area contributed by atoms with Crippen LogP contribution in [0.4, 0.5) is 0 Å². The SMILES string of the molecule is COC(=O)c1ccc(-c2ccccc2)cc1.Cl.Cl. The summed E-state index contributed by atoms with van der Waals surface area (Å²) in [6.07, 6.45) is 0. The van der Waals surface area contributed by atoms with Crippen LogP contribution in [0.5, 0.6) is 0 Å². The summed E-state index contributed by atoms with van der Waals surface area (Å²) in [6.45, 7) is 0. The third-order valence-electron chi connectivity index (χ3n) is 2.41. The van der Waals surface area contributed by atoms with Gasteiger partial charge in [-0.2, -0.15) is 0 Å². The van der Waals surface area contributed by atoms with Crippen LogP contribution in [0.25, 0.3) is 11.1 Å². The van der Waals surface area contributed by atoms with Gasteiger partial charge in [0.05, 0.1) is 12.7 Å². The summed E-state index contributed by atoms with van der Waals surface area (Å²) in [7, 11) is 1.38. The van der Waals surface area contributed by atoms with Crippen molar-refractivity contribution in [1.29, 1.82) is 0 Å². The third kappa shape index (κ3) is 3.76. The number of benzene rings is 2. The largest absolute Gasteiger partial charge is 0.465 e. The first-order chi connectivity index (χ1) is 7.81. The normalized spacial score (nSPS) is 8.72. The van der Waals surface area contributed by atoms with Gasteiger partial charge in [0.2, 0.25) is 0 Å². The molecular formula is C14H14Cl2O2. The van der Waals surface area contributed by atoms with Gasteiger partial charge in [0, 0.05) is 0 Å². The molecule has 0 N–H and O–H groups in total. The Kier molecular flexibility index (Phi) is 7.10. The topological polar surface area (TPSA) is 26.3 Å². The standard InChI is InChI=1S/C14H12O2.2ClH/c1-16-14(15)13-9-7-12(8-10-13)11-5-3-2-4-6-11;;/h2-10H,1H3;2*1H. The van der Waals surface area contributed by atoms with Gasteiger partial charge in [0.25, 0.3) is 0 Å². The van der Waals surface area contributed by atoms with E-state index in [1.165, 1.54) is 7.11 Å². The summed E-state index contributed by atoms with van der Waals surface area (Å²) in [5.41, 5.74) is 2.80. The molecule has 0 bridgehead atoms. The molecule has 2 aromatic rings. The van der Waals surface area contributed by atoms with Gasteiger partial charge in [-0.15, -0.1) is 24.8 Å². The lowest BCUT2D eigenvalue weighted by molar-refractivity contribution is 0.0601. The summed E-state index contributed by atoms with van der Waals surface area (Å²) in [5.74, 6) is -0.306. The van der Waals surface area contributed by atoms with E-state index in [-0.39, 0.29) is 30.8 Å². The first-order valence-electron chi connectivity index (χ1n) is 5.05. The molecule has 2 rings (SSSR count). The second-order valence-corrected chi connectivity index (χ2v) is 3.43. The van der Waals surface area contributed by atoms with Crippen molar-refractivity contribution in [2.45, 2.75) is 0 Å². The van der Waals surface area contributed by atoms with Gasteiger partial charge in [-0.25, -0.2) is 4.79 Å². The number of esters is 1. The number of methoxy groups -OCH3 is 1. The Labute approximate surface area is 119 Å². The highest BCUT2D eigenvalue weighted by Gasteiger charge is 2.04. The van der Waals surface area contributed by atoms with Gasteiger partial charge >= 0.3 is 5.97 Å². The van der Waals surface area contributed by atoms with Crippen molar-refractivity contribution in [1.82, 2.24) is 0 Å². The number of ether oxygens (including phenoxy) is 1. The average Bonchev–Trinajstić information content (AvgIpc) is 2.39. The quantitative estimate of drug-likeness (QED) is 0.780. The predicted molar refractivity (Wildman–Crippen MR) is 77.7 cm³/mol. The Balaban J connectivity index is 0.00000144. The maximum absolute atomic E-state index is 11.2. The summed E-state index contributed by atoms with van der Waals surface area (Å²) >= 11 is 0. The molecule has 0 saturated carbocycles. The van der Waals surface area contributed by atoms with E-state index < -0.39 is 0 Å². The van der Waals surface area contributed by atoms with Crippen LogP contribution in [-0.4, -0.2) is 13.1 Å². The molecule has 0 amide bonds. The maximum Gasteiger partial charge on any atom is 0.337 e. The van der Waals surface area contributed by atoms with Gasteiger partial charge in [-0.05, 0) is 23.3 Å². The Hall–Kier alpha value is -1.51. The number of carbonyl (C=O) groups is 1. The average molecular weight is 285 g/mol. The lowest BCUT2D eigenvalue weighted by atomic mass is 10.0. The molecule has 0 aliphatic heterocycles. The zero-order valence-corrected chi connectivity index (χ0v) is 11.5. The molecule has 0 aliphatic rings. The Morgan fingerprint density at radius 3 is 1.83 bits per heavy atom. The van der Waals surface area contributed by atoms with E-state index in [1.807, 2.05) is 42.5 Å². The molecule has 0 spiro atoms. The molecule has 2 nitrogen and oxygen atoms in total. The zero-order chi connectivity index (χ0) is 11.4. The summed E-state index contributed by atoms with van der Waals surface area (Å²) < 4.78 is 4.64. The second-order valence-electron chi connectivity index (χ2n) is 3.43. The fourth-order valence-corrected chi connectivity index (χ4v) is 1.55. The second kappa shape index (κ2) is 7.75. The van der Waals surface area contributed by atoms with Crippen LogP contribution in [0.2, 0.25) is 0 Å². The zero-order valence-electron chi connectivity index (χ0n) is 9.83. The van der Waals surface area contributed by atoms with Gasteiger partial charge in [-0.1, -0.05) is 42.5 Å². The highest BCUT2D eigenvalue weighted by molar-refractivity contribution is 5.89. The Morgan fingerprint density at radius 2 is 1.33 bits per heavy atom. The Morgan fingerprint density at radius 1 is 0.833 bits per heavy atom. The highest BCUT2D eigenvalue weighted by atomic mass is 35.5. The highest BCUT2D eigenvalue weighted by Crippen LogP contribution is 2.19. The molecule has 0 saturated heterocycles. The van der Waals surface area contributed by atoms with E-state index in [1.54, 1.807) is 12.1 Å². The fraction of sp³-hybridized carbons (Fsp3) is 0.0714. The fourth-order valence-electron chi connectivity index (χ4n) is 1.55. The van der Waals surface area contributed by atoms with Crippen LogP contribution in [-0.2, 0) is 4.74 Å². The molecule has 0 heterocycles. The number of halogens is 2. The molecule has 2 aromatic carbocycles. The number of carbonyl (C=O) groups excluding carboxylic acids is 1. The molecule has 0 fully saturated rings. The molecule has 0 atom stereocenters. The van der Waals surface area contributed by atoms with E-state index in [0.29, 0.717) is 5.56 Å². The van der Waals surface area contributed by atoms with Crippen LogP contribution >= 0.6 is 24.8 Å². The van der Waals surface area contributed by atoms with Crippen molar-refractivity contribution in [2.24, 2.45) is 0 Å². The number of hydrogen-bond acceptors (Lipinski definition) is 2. The monoisotopic (exact) mass is 284 g/mol. The molecule has 0 radical (unpaired) electrons. The molecule has 96 valence electrons. The first kappa shape index (κ1) is 16.5. The summed E-state index contributed by atoms with van der Waals surface area (Å²) in [5, 5.41) is 0. The van der Waals surface area contributed by atoms with Crippen LogP contribution < -0.4 is 0 Å². The van der Waals surface area contributed by atoms with Gasteiger partial charge < -0.3 is 4.74 Å². The third-order valence-corrected chi connectivity index (χ3v) is 2.41. The van der Waals surface area contributed by atoms with E-state index in [9.17, 15) is 4.79 Å². The minimum absolute atomic E-state index is 0. The van der Waals surface area contributed by atoms with Crippen molar-refractivity contribution in [3.05, 3.63) is 60.2 Å². The molecule has 0 unspecified atom stereocenters. The van der Waals surface area contributed by atoms with Crippen molar-refractivity contribution in [2.75, 3.05) is 7.11 Å². The minimum atomic E-state index is -0.306.